The molecule has 1 aliphatic heterocycles. The van der Waals surface area contributed by atoms with Crippen LogP contribution in [-0.4, -0.2) is 30.4 Å². The Kier molecular flexibility index (Phi) is 7.61. The van der Waals surface area contributed by atoms with E-state index in [-0.39, 0.29) is 39.6 Å². The van der Waals surface area contributed by atoms with Crippen LogP contribution in [0.15, 0.2) is 66.2 Å². The predicted octanol–water partition coefficient (Wildman–Crippen LogP) is 5.29. The van der Waals surface area contributed by atoms with Crippen LogP contribution < -0.4 is 20.3 Å². The normalized spacial score (nSPS) is 14.5. The zero-order valence-electron chi connectivity index (χ0n) is 19.8. The van der Waals surface area contributed by atoms with Crippen LogP contribution in [0.4, 0.5) is 16.2 Å². The number of nitrogens with zero attached hydrogens (tertiary/aromatic N) is 1. The van der Waals surface area contributed by atoms with E-state index in [1.807, 2.05) is 26.0 Å². The average Bonchev–Trinajstić information content (AvgIpc) is 2.85. The highest BCUT2D eigenvalue weighted by atomic mass is 35.5. The summed E-state index contributed by atoms with van der Waals surface area (Å²) in [6.07, 6.45) is 1.30. The number of nitrogens with one attached hydrogen (secondary N) is 2. The zero-order valence-corrected chi connectivity index (χ0v) is 21.3. The Morgan fingerprint density at radius 1 is 0.973 bits per heavy atom. The maximum Gasteiger partial charge on any atom is 0.335 e. The summed E-state index contributed by atoms with van der Waals surface area (Å²) in [5.74, 6) is -1.83. The molecule has 1 aliphatic rings. The molecule has 0 aromatic heterocycles. The molecule has 37 heavy (non-hydrogen) atoms. The van der Waals surface area contributed by atoms with Crippen molar-refractivity contribution in [2.75, 3.05) is 16.8 Å². The van der Waals surface area contributed by atoms with E-state index in [0.29, 0.717) is 11.3 Å². The molecule has 0 unspecified atom stereocenters. The van der Waals surface area contributed by atoms with E-state index in [4.69, 9.17) is 27.9 Å². The van der Waals surface area contributed by atoms with Gasteiger partial charge in [0.25, 0.3) is 17.7 Å². The van der Waals surface area contributed by atoms with Crippen LogP contribution in [-0.2, 0) is 14.4 Å². The number of carbonyl (C=O) groups is 4. The van der Waals surface area contributed by atoms with Gasteiger partial charge in [-0.15, -0.1) is 0 Å². The van der Waals surface area contributed by atoms with Crippen LogP contribution in [0.1, 0.15) is 16.7 Å². The lowest BCUT2D eigenvalue weighted by Crippen LogP contribution is -2.54. The molecule has 1 saturated heterocycles. The number of rotatable bonds is 6. The number of hydrogen-bond donors (Lipinski definition) is 2. The lowest BCUT2D eigenvalue weighted by molar-refractivity contribution is -0.122. The Labute approximate surface area is 222 Å². The van der Waals surface area contributed by atoms with Crippen LogP contribution in [0, 0.1) is 13.8 Å². The molecule has 0 bridgehead atoms. The molecular weight excluding hydrogens is 517 g/mol. The second-order valence-electron chi connectivity index (χ2n) is 8.23. The summed E-state index contributed by atoms with van der Waals surface area (Å²) in [4.78, 5) is 51.4. The van der Waals surface area contributed by atoms with Crippen molar-refractivity contribution in [1.29, 1.82) is 0 Å². The Balaban J connectivity index is 1.55. The maximum atomic E-state index is 13.2. The maximum absolute atomic E-state index is 13.2. The Morgan fingerprint density at radius 3 is 2.46 bits per heavy atom. The van der Waals surface area contributed by atoms with E-state index in [1.54, 1.807) is 30.3 Å². The number of barbiturate groups is 1. The number of carbonyl (C=O) groups excluding carboxylic acids is 4. The van der Waals surface area contributed by atoms with E-state index in [0.717, 1.165) is 16.0 Å². The number of imide groups is 2. The summed E-state index contributed by atoms with van der Waals surface area (Å²) in [5.41, 5.74) is 2.99. The number of aryl methyl sites for hydroxylation is 2. The molecule has 0 aliphatic carbocycles. The number of anilines is 2. The number of para-hydroxylation sites is 1. The minimum absolute atomic E-state index is 0.139. The molecule has 0 spiro atoms. The first-order valence-corrected chi connectivity index (χ1v) is 11.8. The van der Waals surface area contributed by atoms with Gasteiger partial charge in [-0.1, -0.05) is 47.5 Å². The van der Waals surface area contributed by atoms with Gasteiger partial charge in [0.2, 0.25) is 0 Å². The van der Waals surface area contributed by atoms with Gasteiger partial charge in [-0.25, -0.2) is 9.69 Å². The summed E-state index contributed by atoms with van der Waals surface area (Å²) >= 11 is 12.0. The highest BCUT2D eigenvalue weighted by molar-refractivity contribution is 6.43. The molecule has 0 saturated carbocycles. The van der Waals surface area contributed by atoms with Crippen molar-refractivity contribution in [2.45, 2.75) is 13.8 Å². The molecule has 188 valence electrons. The summed E-state index contributed by atoms with van der Waals surface area (Å²) in [7, 11) is 0. The molecule has 0 atom stereocenters. The smallest absolute Gasteiger partial charge is 0.335 e. The average molecular weight is 538 g/mol. The molecule has 4 rings (SSSR count). The van der Waals surface area contributed by atoms with Gasteiger partial charge < -0.3 is 10.1 Å². The molecule has 1 heterocycles. The molecule has 5 amide bonds. The van der Waals surface area contributed by atoms with Crippen LogP contribution in [0.2, 0.25) is 10.0 Å². The van der Waals surface area contributed by atoms with Crippen LogP contribution in [0.25, 0.3) is 6.08 Å². The number of urea groups is 1. The highest BCUT2D eigenvalue weighted by Gasteiger charge is 2.37. The quantitative estimate of drug-likeness (QED) is 0.328. The molecule has 2 N–H and O–H groups in total. The molecular formula is C27H21Cl2N3O5. The lowest BCUT2D eigenvalue weighted by Gasteiger charge is -2.26. The number of halogens is 2. The molecule has 0 radical (unpaired) electrons. The zero-order chi connectivity index (χ0) is 26.7. The lowest BCUT2D eigenvalue weighted by atomic mass is 10.1. The Morgan fingerprint density at radius 2 is 1.73 bits per heavy atom. The van der Waals surface area contributed by atoms with E-state index < -0.39 is 17.8 Å². The monoisotopic (exact) mass is 537 g/mol. The van der Waals surface area contributed by atoms with Crippen molar-refractivity contribution in [3.05, 3.63) is 93.0 Å². The third-order valence-electron chi connectivity index (χ3n) is 5.63. The molecule has 1 fully saturated rings. The van der Waals surface area contributed by atoms with Gasteiger partial charge in [-0.2, -0.15) is 0 Å². The van der Waals surface area contributed by atoms with E-state index in [9.17, 15) is 19.2 Å². The molecule has 3 aromatic rings. The van der Waals surface area contributed by atoms with Gasteiger partial charge in [-0.3, -0.25) is 19.7 Å². The first-order chi connectivity index (χ1) is 17.6. The topological polar surface area (TPSA) is 105 Å². The van der Waals surface area contributed by atoms with Crippen LogP contribution >= 0.6 is 23.2 Å². The first-order valence-electron chi connectivity index (χ1n) is 11.1. The van der Waals surface area contributed by atoms with Crippen molar-refractivity contribution in [2.24, 2.45) is 0 Å². The van der Waals surface area contributed by atoms with Crippen LogP contribution in [0.3, 0.4) is 0 Å². The SMILES string of the molecule is Cc1ccc(NC(=O)COc2ccccc2/C=C2/C(=O)NC(=O)N(c3ccc(Cl)c(Cl)c3)C2=O)cc1C. The number of amides is 5. The summed E-state index contributed by atoms with van der Waals surface area (Å²) in [6.45, 7) is 3.62. The second-order valence-corrected chi connectivity index (χ2v) is 9.04. The molecule has 8 nitrogen and oxygen atoms in total. The summed E-state index contributed by atoms with van der Waals surface area (Å²) < 4.78 is 5.69. The number of benzene rings is 3. The van der Waals surface area contributed by atoms with Gasteiger partial charge in [0.15, 0.2) is 6.61 Å². The number of hydrogen-bond acceptors (Lipinski definition) is 5. The predicted molar refractivity (Wildman–Crippen MR) is 142 cm³/mol. The van der Waals surface area contributed by atoms with Crippen molar-refractivity contribution in [3.63, 3.8) is 0 Å². The van der Waals surface area contributed by atoms with Gasteiger partial charge in [0.1, 0.15) is 11.3 Å². The van der Waals surface area contributed by atoms with Crippen LogP contribution in [0.5, 0.6) is 5.75 Å². The largest absolute Gasteiger partial charge is 0.483 e. The van der Waals surface area contributed by atoms with Gasteiger partial charge in [-0.05, 0) is 67.4 Å². The Hall–Kier alpha value is -4.14. The van der Waals surface area contributed by atoms with Gasteiger partial charge in [0.05, 0.1) is 15.7 Å². The van der Waals surface area contributed by atoms with Gasteiger partial charge >= 0.3 is 6.03 Å². The minimum Gasteiger partial charge on any atom is -0.483 e. The molecule has 3 aromatic carbocycles. The van der Waals surface area contributed by atoms with Crippen molar-refractivity contribution < 1.29 is 23.9 Å². The van der Waals surface area contributed by atoms with E-state index >= 15 is 0 Å². The van der Waals surface area contributed by atoms with E-state index in [1.165, 1.54) is 24.3 Å². The molecule has 10 heteroatoms. The van der Waals surface area contributed by atoms with Crippen molar-refractivity contribution in [1.82, 2.24) is 5.32 Å². The highest BCUT2D eigenvalue weighted by Crippen LogP contribution is 2.30. The fraction of sp³-hybridized carbons (Fsp3) is 0.111. The third kappa shape index (κ3) is 5.82. The van der Waals surface area contributed by atoms with E-state index in [2.05, 4.69) is 10.6 Å². The Bertz CT molecular complexity index is 1470. The van der Waals surface area contributed by atoms with Gasteiger partial charge in [0, 0.05) is 11.3 Å². The fourth-order valence-electron chi connectivity index (χ4n) is 3.56. The first kappa shape index (κ1) is 25.9. The fourth-order valence-corrected chi connectivity index (χ4v) is 3.85. The summed E-state index contributed by atoms with van der Waals surface area (Å²) in [5, 5.41) is 5.30. The van der Waals surface area contributed by atoms with Crippen molar-refractivity contribution >= 4 is 64.4 Å². The standard InChI is InChI=1S/C27H21Cl2N3O5/c1-15-7-8-18(11-16(15)2)30-24(33)14-37-23-6-4-3-5-17(23)12-20-25(34)31-27(36)32(26(20)35)19-9-10-21(28)22(29)13-19/h3-13H,14H2,1-2H3,(H,30,33)(H,31,34,36)/b20-12-. The number of ether oxygens (including phenoxy) is 1. The summed E-state index contributed by atoms with van der Waals surface area (Å²) in [6, 6.07) is 15.5. The second kappa shape index (κ2) is 10.9. The van der Waals surface area contributed by atoms with Crippen molar-refractivity contribution in [3.8, 4) is 5.75 Å². The minimum atomic E-state index is -0.918. The third-order valence-corrected chi connectivity index (χ3v) is 6.37.